The van der Waals surface area contributed by atoms with E-state index in [9.17, 15) is 14.4 Å². The van der Waals surface area contributed by atoms with Gasteiger partial charge in [-0.15, -0.1) is 11.3 Å². The van der Waals surface area contributed by atoms with Crippen LogP contribution in [-0.4, -0.2) is 53.5 Å². The molecule has 150 valence electrons. The number of piperidine rings is 1. The second-order valence-corrected chi connectivity index (χ2v) is 7.53. The Hall–Kier alpha value is -2.68. The van der Waals surface area contributed by atoms with Crippen molar-refractivity contribution >= 4 is 29.2 Å². The van der Waals surface area contributed by atoms with Crippen LogP contribution < -0.4 is 0 Å². The number of hydrogen-bond donors (Lipinski definition) is 0. The van der Waals surface area contributed by atoms with Gasteiger partial charge in [0.25, 0.3) is 5.91 Å². The summed E-state index contributed by atoms with van der Waals surface area (Å²) in [6.07, 6.45) is 3.73. The smallest absolute Gasteiger partial charge is 0.358 e. The first-order valence-corrected chi connectivity index (χ1v) is 9.97. The molecule has 1 amide bonds. The highest BCUT2D eigenvalue weighted by atomic mass is 32.1. The Balaban J connectivity index is 1.62. The second kappa shape index (κ2) is 9.01. The fraction of sp³-hybridized carbons (Fsp3) is 0.474. The largest absolute Gasteiger partial charge is 0.464 e. The zero-order valence-corrected chi connectivity index (χ0v) is 16.6. The maximum absolute atomic E-state index is 12.5. The standard InChI is InChI=1S/C19H22N2O6S/c1-3-25-18(23)13-7-4-5-9-21(13)15(22)11-27-19(24)16-12(2)28-17(20-16)14-8-6-10-26-14/h6,8,10,13H,3-5,7,9,11H2,1-2H3. The highest BCUT2D eigenvalue weighted by Gasteiger charge is 2.33. The molecule has 3 heterocycles. The number of ether oxygens (including phenoxy) is 2. The highest BCUT2D eigenvalue weighted by molar-refractivity contribution is 7.15. The average Bonchev–Trinajstić information content (AvgIpc) is 3.35. The Morgan fingerprint density at radius 2 is 2.14 bits per heavy atom. The van der Waals surface area contributed by atoms with Crippen molar-refractivity contribution in [1.82, 2.24) is 9.88 Å². The summed E-state index contributed by atoms with van der Waals surface area (Å²) in [4.78, 5) is 43.4. The molecule has 1 atom stereocenters. The van der Waals surface area contributed by atoms with Crippen molar-refractivity contribution in [2.45, 2.75) is 39.2 Å². The Labute approximate surface area is 166 Å². The van der Waals surface area contributed by atoms with E-state index in [1.54, 1.807) is 26.0 Å². The number of hydrogen-bond acceptors (Lipinski definition) is 8. The number of aryl methyl sites for hydroxylation is 1. The second-order valence-electron chi connectivity index (χ2n) is 6.33. The van der Waals surface area contributed by atoms with Gasteiger partial charge in [0.05, 0.1) is 12.9 Å². The van der Waals surface area contributed by atoms with E-state index in [0.29, 0.717) is 28.6 Å². The molecule has 0 saturated carbocycles. The predicted molar refractivity (Wildman–Crippen MR) is 101 cm³/mol. The van der Waals surface area contributed by atoms with Gasteiger partial charge in [0, 0.05) is 11.4 Å². The molecule has 0 N–H and O–H groups in total. The number of carbonyl (C=O) groups is 3. The van der Waals surface area contributed by atoms with Crippen LogP contribution in [0.5, 0.6) is 0 Å². The molecule has 2 aromatic rings. The molecule has 2 aromatic heterocycles. The first-order valence-electron chi connectivity index (χ1n) is 9.15. The highest BCUT2D eigenvalue weighted by Crippen LogP contribution is 2.28. The van der Waals surface area contributed by atoms with Crippen LogP contribution in [0.1, 0.15) is 41.6 Å². The van der Waals surface area contributed by atoms with Gasteiger partial charge in [-0.2, -0.15) is 0 Å². The summed E-state index contributed by atoms with van der Waals surface area (Å²) in [6, 6.07) is 2.87. The molecule has 1 fully saturated rings. The van der Waals surface area contributed by atoms with Crippen molar-refractivity contribution < 1.29 is 28.3 Å². The van der Waals surface area contributed by atoms with E-state index < -0.39 is 30.5 Å². The van der Waals surface area contributed by atoms with Gasteiger partial charge in [0.15, 0.2) is 23.1 Å². The predicted octanol–water partition coefficient (Wildman–Crippen LogP) is 2.81. The van der Waals surface area contributed by atoms with Crippen LogP contribution in [0.15, 0.2) is 22.8 Å². The van der Waals surface area contributed by atoms with Gasteiger partial charge >= 0.3 is 11.9 Å². The van der Waals surface area contributed by atoms with E-state index in [2.05, 4.69) is 4.98 Å². The minimum atomic E-state index is -0.676. The molecule has 1 unspecified atom stereocenters. The number of esters is 2. The summed E-state index contributed by atoms with van der Waals surface area (Å²) in [7, 11) is 0. The number of thiazole rings is 1. The van der Waals surface area contributed by atoms with E-state index in [0.717, 1.165) is 12.8 Å². The van der Waals surface area contributed by atoms with Crippen LogP contribution in [0.2, 0.25) is 0 Å². The molecule has 1 aliphatic heterocycles. The Morgan fingerprint density at radius 1 is 1.32 bits per heavy atom. The van der Waals surface area contributed by atoms with Crippen LogP contribution in [0, 0.1) is 6.92 Å². The van der Waals surface area contributed by atoms with E-state index in [4.69, 9.17) is 13.9 Å². The monoisotopic (exact) mass is 406 g/mol. The summed E-state index contributed by atoms with van der Waals surface area (Å²) in [6.45, 7) is 3.74. The molecule has 0 spiro atoms. The first-order chi connectivity index (χ1) is 13.5. The van der Waals surface area contributed by atoms with Gasteiger partial charge in [0.2, 0.25) is 0 Å². The number of likely N-dealkylation sites (tertiary alicyclic amines) is 1. The van der Waals surface area contributed by atoms with Gasteiger partial charge in [-0.1, -0.05) is 0 Å². The molecule has 0 radical (unpaired) electrons. The maximum atomic E-state index is 12.5. The summed E-state index contributed by atoms with van der Waals surface area (Å²) >= 11 is 1.31. The number of nitrogens with zero attached hydrogens (tertiary/aromatic N) is 2. The normalized spacial score (nSPS) is 16.6. The summed E-state index contributed by atoms with van der Waals surface area (Å²) in [5.41, 5.74) is 0.157. The lowest BCUT2D eigenvalue weighted by Gasteiger charge is -2.33. The van der Waals surface area contributed by atoms with Crippen LogP contribution in [0.4, 0.5) is 0 Å². The van der Waals surface area contributed by atoms with Crippen molar-refractivity contribution in [2.24, 2.45) is 0 Å². The minimum absolute atomic E-state index is 0.157. The van der Waals surface area contributed by atoms with Gasteiger partial charge in [-0.05, 0) is 45.2 Å². The molecule has 0 bridgehead atoms. The quantitative estimate of drug-likeness (QED) is 0.680. The number of carbonyl (C=O) groups excluding carboxylic acids is 3. The number of aromatic nitrogens is 1. The summed E-state index contributed by atoms with van der Waals surface area (Å²) in [5.74, 6) is -0.941. The molecule has 8 nitrogen and oxygen atoms in total. The molecule has 0 aliphatic carbocycles. The average molecular weight is 406 g/mol. The zero-order valence-electron chi connectivity index (χ0n) is 15.8. The molecular formula is C19H22N2O6S. The molecule has 9 heteroatoms. The van der Waals surface area contributed by atoms with Crippen molar-refractivity contribution in [3.05, 3.63) is 29.0 Å². The van der Waals surface area contributed by atoms with Crippen molar-refractivity contribution in [3.8, 4) is 10.8 Å². The van der Waals surface area contributed by atoms with Crippen molar-refractivity contribution in [2.75, 3.05) is 19.8 Å². The minimum Gasteiger partial charge on any atom is -0.464 e. The van der Waals surface area contributed by atoms with E-state index in [1.807, 2.05) is 0 Å². The fourth-order valence-corrected chi connectivity index (χ4v) is 3.95. The van der Waals surface area contributed by atoms with Gasteiger partial charge < -0.3 is 18.8 Å². The summed E-state index contributed by atoms with van der Waals surface area (Å²) < 4.78 is 15.5. The molecule has 0 aromatic carbocycles. The Morgan fingerprint density at radius 3 is 2.86 bits per heavy atom. The zero-order chi connectivity index (χ0) is 20.1. The topological polar surface area (TPSA) is 98.9 Å². The Kier molecular flexibility index (Phi) is 6.45. The number of rotatable bonds is 6. The summed E-state index contributed by atoms with van der Waals surface area (Å²) in [5, 5.41) is 0.569. The fourth-order valence-electron chi connectivity index (χ4n) is 3.08. The third-order valence-corrected chi connectivity index (χ3v) is 5.42. The van der Waals surface area contributed by atoms with E-state index in [1.165, 1.54) is 22.5 Å². The third-order valence-electron chi connectivity index (χ3n) is 4.43. The Bertz CT molecular complexity index is 845. The number of furan rings is 1. The molecule has 1 saturated heterocycles. The molecule has 1 aliphatic rings. The van der Waals surface area contributed by atoms with Gasteiger partial charge in [-0.25, -0.2) is 14.6 Å². The third kappa shape index (κ3) is 4.41. The van der Waals surface area contributed by atoms with Crippen LogP contribution in [-0.2, 0) is 19.1 Å². The lowest BCUT2D eigenvalue weighted by atomic mass is 10.0. The molecular weight excluding hydrogens is 384 g/mol. The van der Waals surface area contributed by atoms with Crippen LogP contribution in [0.3, 0.4) is 0 Å². The van der Waals surface area contributed by atoms with E-state index in [-0.39, 0.29) is 12.3 Å². The maximum Gasteiger partial charge on any atom is 0.358 e. The molecule has 28 heavy (non-hydrogen) atoms. The van der Waals surface area contributed by atoms with Gasteiger partial charge in [-0.3, -0.25) is 4.79 Å². The SMILES string of the molecule is CCOC(=O)C1CCCCN1C(=O)COC(=O)c1nc(-c2ccco2)sc1C. The lowest BCUT2D eigenvalue weighted by Crippen LogP contribution is -2.50. The number of amides is 1. The first kappa shape index (κ1) is 20.1. The molecule has 3 rings (SSSR count). The van der Waals surface area contributed by atoms with Crippen LogP contribution >= 0.6 is 11.3 Å². The van der Waals surface area contributed by atoms with Crippen molar-refractivity contribution in [3.63, 3.8) is 0 Å². The van der Waals surface area contributed by atoms with E-state index >= 15 is 0 Å². The lowest BCUT2D eigenvalue weighted by molar-refractivity contribution is -0.157. The van der Waals surface area contributed by atoms with Crippen LogP contribution in [0.25, 0.3) is 10.8 Å². The van der Waals surface area contributed by atoms with Gasteiger partial charge in [0.1, 0.15) is 6.04 Å². The van der Waals surface area contributed by atoms with Crippen molar-refractivity contribution in [1.29, 1.82) is 0 Å².